The molecule has 86 valence electrons. The first-order valence-electron chi connectivity index (χ1n) is 5.29. The summed E-state index contributed by atoms with van der Waals surface area (Å²) in [5.41, 5.74) is 1.89. The van der Waals surface area contributed by atoms with Gasteiger partial charge >= 0.3 is 0 Å². The molecule has 6 heteroatoms. The summed E-state index contributed by atoms with van der Waals surface area (Å²) in [4.78, 5) is 13.1. The predicted molar refractivity (Wildman–Crippen MR) is 64.7 cm³/mol. The minimum absolute atomic E-state index is 0.195. The predicted octanol–water partition coefficient (Wildman–Crippen LogP) is 1.61. The van der Waals surface area contributed by atoms with Crippen LogP contribution in [0.4, 0.5) is 5.00 Å². The molecule has 1 aliphatic heterocycles. The van der Waals surface area contributed by atoms with Crippen molar-refractivity contribution in [1.29, 1.82) is 0 Å². The summed E-state index contributed by atoms with van der Waals surface area (Å²) >= 11 is 0.126. The Balaban J connectivity index is 2.11. The second kappa shape index (κ2) is 3.56. The molecule has 4 nitrogen and oxygen atoms in total. The molecule has 2 N–H and O–H groups in total. The number of nitrogens with one attached hydrogen (secondary N) is 2. The Morgan fingerprint density at radius 1 is 1.44 bits per heavy atom. The van der Waals surface area contributed by atoms with Crippen molar-refractivity contribution >= 4 is 33.4 Å². The molecule has 1 aliphatic carbocycles. The number of carbonyl (C=O) groups is 1. The first-order valence-corrected chi connectivity index (χ1v) is 7.25. The van der Waals surface area contributed by atoms with Crippen LogP contribution in [0.5, 0.6) is 0 Å². The summed E-state index contributed by atoms with van der Waals surface area (Å²) in [6.45, 7) is 2.23. The van der Waals surface area contributed by atoms with E-state index in [1.807, 2.05) is 0 Å². The molecule has 0 spiro atoms. The monoisotopic (exact) mass is 256 g/mol. The lowest BCUT2D eigenvalue weighted by molar-refractivity contribution is 0.0982. The fourth-order valence-corrected chi connectivity index (χ4v) is 4.55. The molecular weight excluding hydrogens is 244 g/mol. The normalized spacial score (nSPS) is 27.7. The number of rotatable bonds is 0. The van der Waals surface area contributed by atoms with Gasteiger partial charge in [-0.2, -0.15) is 0 Å². The fraction of sp³-hybridized carbons (Fsp3) is 0.500. The van der Waals surface area contributed by atoms with Crippen LogP contribution in [0, 0.1) is 5.92 Å². The van der Waals surface area contributed by atoms with Gasteiger partial charge in [-0.1, -0.05) is 6.92 Å². The zero-order valence-electron chi connectivity index (χ0n) is 8.83. The van der Waals surface area contributed by atoms with Crippen molar-refractivity contribution in [3.63, 3.8) is 0 Å². The molecule has 0 radical (unpaired) electrons. The Kier molecular flexibility index (Phi) is 2.29. The first-order chi connectivity index (χ1) is 7.65. The number of carbonyl (C=O) groups excluding carboxylic acids is 1. The Bertz CT molecular complexity index is 495. The smallest absolute Gasteiger partial charge is 0.267 e. The van der Waals surface area contributed by atoms with Crippen LogP contribution in [0.1, 0.15) is 34.1 Å². The summed E-state index contributed by atoms with van der Waals surface area (Å²) in [5, 5.41) is 0.779. The van der Waals surface area contributed by atoms with E-state index in [4.69, 9.17) is 0 Å². The van der Waals surface area contributed by atoms with E-state index in [2.05, 4.69) is 16.4 Å². The van der Waals surface area contributed by atoms with E-state index in [0.29, 0.717) is 5.92 Å². The van der Waals surface area contributed by atoms with E-state index in [1.54, 1.807) is 11.3 Å². The molecule has 1 aromatic heterocycles. The van der Waals surface area contributed by atoms with E-state index >= 15 is 0 Å². The Morgan fingerprint density at radius 3 is 3.06 bits per heavy atom. The van der Waals surface area contributed by atoms with Crippen LogP contribution in [-0.4, -0.2) is 10.1 Å². The number of anilines is 1. The average molecular weight is 256 g/mol. The number of thiophene rings is 1. The molecular formula is C10H12N2O2S2. The third-order valence-corrected chi connectivity index (χ3v) is 5.17. The van der Waals surface area contributed by atoms with Crippen molar-refractivity contribution in [2.24, 2.45) is 5.92 Å². The van der Waals surface area contributed by atoms with E-state index in [9.17, 15) is 9.00 Å². The highest BCUT2D eigenvalue weighted by molar-refractivity contribution is 7.85. The SMILES string of the molecule is C[C@@H]1CCc2c(sc3c2C(=O)N[S@](=O)N3)C1. The summed E-state index contributed by atoms with van der Waals surface area (Å²) in [7, 11) is 0. The third kappa shape index (κ3) is 1.48. The highest BCUT2D eigenvalue weighted by Gasteiger charge is 2.31. The topological polar surface area (TPSA) is 58.2 Å². The Morgan fingerprint density at radius 2 is 2.25 bits per heavy atom. The van der Waals surface area contributed by atoms with Gasteiger partial charge in [-0.3, -0.25) is 14.2 Å². The third-order valence-electron chi connectivity index (χ3n) is 3.11. The minimum Gasteiger partial charge on any atom is -0.278 e. The number of hydrogen-bond donors (Lipinski definition) is 2. The van der Waals surface area contributed by atoms with Crippen LogP contribution in [0.15, 0.2) is 0 Å². The summed E-state index contributed by atoms with van der Waals surface area (Å²) in [6.07, 6.45) is 3.13. The van der Waals surface area contributed by atoms with E-state index in [0.717, 1.165) is 29.8 Å². The van der Waals surface area contributed by atoms with Gasteiger partial charge in [-0.15, -0.1) is 11.3 Å². The molecule has 3 rings (SSSR count). The van der Waals surface area contributed by atoms with Gasteiger partial charge in [0.1, 0.15) is 5.00 Å². The molecule has 0 unspecified atom stereocenters. The highest BCUT2D eigenvalue weighted by atomic mass is 32.2. The molecule has 0 bridgehead atoms. The van der Waals surface area contributed by atoms with Crippen molar-refractivity contribution < 1.29 is 9.00 Å². The number of fused-ring (bicyclic) bond motifs is 3. The summed E-state index contributed by atoms with van der Waals surface area (Å²) in [6, 6.07) is 0. The van der Waals surface area contributed by atoms with Gasteiger partial charge in [0.15, 0.2) is 0 Å². The molecule has 0 aromatic carbocycles. The molecule has 2 atom stereocenters. The van der Waals surface area contributed by atoms with Crippen LogP contribution in [0.2, 0.25) is 0 Å². The van der Waals surface area contributed by atoms with Crippen LogP contribution in [-0.2, 0) is 24.0 Å². The van der Waals surface area contributed by atoms with Gasteiger partial charge in [-0.05, 0) is 30.7 Å². The second-order valence-corrected chi connectivity index (χ2v) is 6.41. The highest BCUT2D eigenvalue weighted by Crippen LogP contribution is 2.40. The quantitative estimate of drug-likeness (QED) is 0.741. The van der Waals surface area contributed by atoms with Crippen LogP contribution < -0.4 is 9.44 Å². The molecule has 1 aromatic rings. The Labute approximate surface area is 100 Å². The van der Waals surface area contributed by atoms with E-state index < -0.39 is 11.2 Å². The maximum Gasteiger partial charge on any atom is 0.267 e. The first kappa shape index (κ1) is 10.3. The van der Waals surface area contributed by atoms with Gasteiger partial charge in [0.25, 0.3) is 5.91 Å². The van der Waals surface area contributed by atoms with Crippen LogP contribution in [0.3, 0.4) is 0 Å². The maximum atomic E-state index is 11.8. The van der Waals surface area contributed by atoms with Crippen molar-refractivity contribution in [2.75, 3.05) is 4.72 Å². The number of hydrogen-bond acceptors (Lipinski definition) is 3. The largest absolute Gasteiger partial charge is 0.278 e. The van der Waals surface area contributed by atoms with Crippen molar-refractivity contribution in [2.45, 2.75) is 26.2 Å². The molecule has 1 amide bonds. The van der Waals surface area contributed by atoms with Gasteiger partial charge < -0.3 is 0 Å². The van der Waals surface area contributed by atoms with Crippen molar-refractivity contribution in [3.05, 3.63) is 16.0 Å². The molecule has 0 saturated carbocycles. The van der Waals surface area contributed by atoms with E-state index in [-0.39, 0.29) is 5.91 Å². The molecule has 16 heavy (non-hydrogen) atoms. The summed E-state index contributed by atoms with van der Waals surface area (Å²) in [5.74, 6) is 0.486. The van der Waals surface area contributed by atoms with Gasteiger partial charge in [0.2, 0.25) is 11.2 Å². The van der Waals surface area contributed by atoms with Crippen molar-refractivity contribution in [3.8, 4) is 0 Å². The summed E-state index contributed by atoms with van der Waals surface area (Å²) < 4.78 is 16.5. The minimum atomic E-state index is -1.46. The zero-order valence-corrected chi connectivity index (χ0v) is 10.5. The lowest BCUT2D eigenvalue weighted by Crippen LogP contribution is -2.35. The zero-order chi connectivity index (χ0) is 11.3. The fourth-order valence-electron chi connectivity index (χ4n) is 2.31. The number of amides is 1. The molecule has 0 saturated heterocycles. The molecule has 0 fully saturated rings. The lowest BCUT2D eigenvalue weighted by atomic mass is 9.88. The second-order valence-electron chi connectivity index (χ2n) is 4.36. The average Bonchev–Trinajstić information content (AvgIpc) is 2.54. The van der Waals surface area contributed by atoms with Crippen LogP contribution >= 0.6 is 11.3 Å². The Hall–Kier alpha value is -0.880. The standard InChI is InChI=1S/C10H12N2O2S2/c1-5-2-3-6-7(4-5)15-10-8(6)9(13)11-16(14)12-10/h5,12H,2-4H2,1H3,(H,11,13)/t5-,16+/m1/s1. The van der Waals surface area contributed by atoms with Crippen LogP contribution in [0.25, 0.3) is 0 Å². The van der Waals surface area contributed by atoms with Gasteiger partial charge in [0, 0.05) is 4.88 Å². The maximum absolute atomic E-state index is 11.8. The lowest BCUT2D eigenvalue weighted by Gasteiger charge is -2.19. The van der Waals surface area contributed by atoms with Gasteiger partial charge in [0.05, 0.1) is 5.56 Å². The van der Waals surface area contributed by atoms with Gasteiger partial charge in [-0.25, -0.2) is 4.21 Å². The molecule has 2 heterocycles. The van der Waals surface area contributed by atoms with Crippen molar-refractivity contribution in [1.82, 2.24) is 4.72 Å². The molecule has 2 aliphatic rings. The van der Waals surface area contributed by atoms with E-state index in [1.165, 1.54) is 10.4 Å².